The van der Waals surface area contributed by atoms with Crippen molar-refractivity contribution < 1.29 is 14.3 Å². The lowest BCUT2D eigenvalue weighted by Crippen LogP contribution is -2.23. The highest BCUT2D eigenvalue weighted by molar-refractivity contribution is 5.72. The van der Waals surface area contributed by atoms with Crippen molar-refractivity contribution in [1.29, 1.82) is 0 Å². The Bertz CT molecular complexity index is 171. The Morgan fingerprint density at radius 3 is 2.50 bits per heavy atom. The summed E-state index contributed by atoms with van der Waals surface area (Å²) in [4.78, 5) is 11.5. The third-order valence-electron chi connectivity index (χ3n) is 2.84. The zero-order valence-electron chi connectivity index (χ0n) is 9.12. The van der Waals surface area contributed by atoms with Crippen LogP contribution in [0.5, 0.6) is 0 Å². The van der Waals surface area contributed by atoms with Crippen LogP contribution in [0.15, 0.2) is 0 Å². The van der Waals surface area contributed by atoms with Gasteiger partial charge in [0.15, 0.2) is 6.79 Å². The van der Waals surface area contributed by atoms with Crippen LogP contribution >= 0.6 is 0 Å². The molecular weight excluding hydrogens is 180 g/mol. The molecule has 3 heteroatoms. The fraction of sp³-hybridized carbons (Fsp3) is 0.909. The summed E-state index contributed by atoms with van der Waals surface area (Å²) in [5, 5.41) is 0. The van der Waals surface area contributed by atoms with E-state index >= 15 is 0 Å². The molecule has 0 spiro atoms. The molecule has 0 radical (unpaired) electrons. The molecule has 1 aliphatic carbocycles. The quantitative estimate of drug-likeness (QED) is 0.397. The first-order valence-electron chi connectivity index (χ1n) is 5.48. The maximum atomic E-state index is 11.5. The van der Waals surface area contributed by atoms with Gasteiger partial charge in [0.2, 0.25) is 0 Å². The molecule has 0 N–H and O–H groups in total. The van der Waals surface area contributed by atoms with Gasteiger partial charge in [0.1, 0.15) is 0 Å². The monoisotopic (exact) mass is 200 g/mol. The smallest absolute Gasteiger partial charge is 0.311 e. The summed E-state index contributed by atoms with van der Waals surface area (Å²) < 4.78 is 9.97. The van der Waals surface area contributed by atoms with E-state index in [1.165, 1.54) is 0 Å². The summed E-state index contributed by atoms with van der Waals surface area (Å²) in [5.41, 5.74) is 0. The van der Waals surface area contributed by atoms with Gasteiger partial charge in [-0.3, -0.25) is 4.79 Å². The Labute approximate surface area is 85.8 Å². The standard InChI is InChI=1S/C11H20O3/c1-3-13-8-14-11(12)10-6-4-9(2)5-7-10/h9-10H,3-8H2,1-2H3/t9-,10-. The summed E-state index contributed by atoms with van der Waals surface area (Å²) >= 11 is 0. The number of hydrogen-bond acceptors (Lipinski definition) is 3. The van der Waals surface area contributed by atoms with Crippen molar-refractivity contribution in [2.75, 3.05) is 13.4 Å². The maximum absolute atomic E-state index is 11.5. The van der Waals surface area contributed by atoms with Gasteiger partial charge in [-0.1, -0.05) is 6.92 Å². The van der Waals surface area contributed by atoms with Crippen molar-refractivity contribution in [2.45, 2.75) is 39.5 Å². The highest BCUT2D eigenvalue weighted by atomic mass is 16.7. The molecule has 0 aromatic rings. The molecule has 1 aliphatic rings. The molecule has 0 atom stereocenters. The van der Waals surface area contributed by atoms with Crippen LogP contribution in [0.25, 0.3) is 0 Å². The van der Waals surface area contributed by atoms with Gasteiger partial charge in [-0.05, 0) is 38.5 Å². The highest BCUT2D eigenvalue weighted by Crippen LogP contribution is 2.28. The lowest BCUT2D eigenvalue weighted by molar-refractivity contribution is -0.162. The normalized spacial score (nSPS) is 27.3. The van der Waals surface area contributed by atoms with Crippen molar-refractivity contribution in [3.05, 3.63) is 0 Å². The molecule has 0 aromatic carbocycles. The van der Waals surface area contributed by atoms with E-state index in [0.29, 0.717) is 6.61 Å². The van der Waals surface area contributed by atoms with E-state index in [1.54, 1.807) is 0 Å². The summed E-state index contributed by atoms with van der Waals surface area (Å²) in [7, 11) is 0. The van der Waals surface area contributed by atoms with Crippen molar-refractivity contribution >= 4 is 5.97 Å². The molecule has 0 heterocycles. The second-order valence-electron chi connectivity index (χ2n) is 4.03. The van der Waals surface area contributed by atoms with Crippen LogP contribution in [0, 0.1) is 11.8 Å². The zero-order valence-corrected chi connectivity index (χ0v) is 9.12. The van der Waals surface area contributed by atoms with Gasteiger partial charge in [-0.2, -0.15) is 0 Å². The van der Waals surface area contributed by atoms with Crippen LogP contribution in [0.2, 0.25) is 0 Å². The minimum absolute atomic E-state index is 0.0784. The van der Waals surface area contributed by atoms with Gasteiger partial charge in [-0.25, -0.2) is 0 Å². The van der Waals surface area contributed by atoms with E-state index in [2.05, 4.69) is 6.92 Å². The van der Waals surface area contributed by atoms with Crippen LogP contribution in [0.3, 0.4) is 0 Å². The molecule has 0 aromatic heterocycles. The number of carbonyl (C=O) groups excluding carboxylic acids is 1. The Kier molecular flexibility index (Phi) is 4.94. The van der Waals surface area contributed by atoms with Crippen molar-refractivity contribution in [1.82, 2.24) is 0 Å². The summed E-state index contributed by atoms with van der Waals surface area (Å²) in [5.74, 6) is 0.808. The predicted molar refractivity (Wildman–Crippen MR) is 53.7 cm³/mol. The van der Waals surface area contributed by atoms with Crippen molar-refractivity contribution in [3.63, 3.8) is 0 Å². The lowest BCUT2D eigenvalue weighted by Gasteiger charge is -2.24. The van der Waals surface area contributed by atoms with Gasteiger partial charge in [0.25, 0.3) is 0 Å². The SMILES string of the molecule is CCOCOC(=O)[C@H]1CC[C@H](C)CC1. The minimum atomic E-state index is -0.0784. The number of carbonyl (C=O) groups is 1. The molecule has 1 rings (SSSR count). The molecule has 1 saturated carbocycles. The number of hydrogen-bond donors (Lipinski definition) is 0. The predicted octanol–water partition coefficient (Wildman–Crippen LogP) is 2.35. The molecule has 0 bridgehead atoms. The lowest BCUT2D eigenvalue weighted by atomic mass is 9.83. The molecule has 82 valence electrons. The Balaban J connectivity index is 2.17. The molecule has 0 aliphatic heterocycles. The first-order valence-corrected chi connectivity index (χ1v) is 5.48. The Morgan fingerprint density at radius 1 is 1.29 bits per heavy atom. The third kappa shape index (κ3) is 3.66. The van der Waals surface area contributed by atoms with Crippen molar-refractivity contribution in [2.24, 2.45) is 11.8 Å². The average Bonchev–Trinajstić information content (AvgIpc) is 2.19. The number of ether oxygens (including phenoxy) is 2. The van der Waals surface area contributed by atoms with Gasteiger partial charge < -0.3 is 9.47 Å². The minimum Gasteiger partial charge on any atom is -0.438 e. The Morgan fingerprint density at radius 2 is 1.93 bits per heavy atom. The molecule has 14 heavy (non-hydrogen) atoms. The first-order chi connectivity index (χ1) is 6.74. The summed E-state index contributed by atoms with van der Waals surface area (Å²) in [6.07, 6.45) is 4.25. The fourth-order valence-corrected chi connectivity index (χ4v) is 1.80. The van der Waals surface area contributed by atoms with E-state index in [4.69, 9.17) is 9.47 Å². The average molecular weight is 200 g/mol. The topological polar surface area (TPSA) is 35.5 Å². The maximum Gasteiger partial charge on any atom is 0.311 e. The summed E-state index contributed by atoms with van der Waals surface area (Å²) in [6.45, 7) is 4.83. The molecule has 0 saturated heterocycles. The molecule has 0 unspecified atom stereocenters. The van der Waals surface area contributed by atoms with Gasteiger partial charge in [0.05, 0.1) is 5.92 Å². The third-order valence-corrected chi connectivity index (χ3v) is 2.84. The zero-order chi connectivity index (χ0) is 10.4. The van der Waals surface area contributed by atoms with Crippen LogP contribution in [0.4, 0.5) is 0 Å². The van der Waals surface area contributed by atoms with E-state index in [9.17, 15) is 4.79 Å². The van der Waals surface area contributed by atoms with Crippen LogP contribution in [-0.2, 0) is 14.3 Å². The van der Waals surface area contributed by atoms with Gasteiger partial charge in [0, 0.05) is 6.61 Å². The van der Waals surface area contributed by atoms with Crippen LogP contribution < -0.4 is 0 Å². The van der Waals surface area contributed by atoms with E-state index < -0.39 is 0 Å². The van der Waals surface area contributed by atoms with Crippen LogP contribution in [0.1, 0.15) is 39.5 Å². The first kappa shape index (κ1) is 11.5. The molecule has 1 fully saturated rings. The molecule has 3 nitrogen and oxygen atoms in total. The van der Waals surface area contributed by atoms with Crippen LogP contribution in [-0.4, -0.2) is 19.4 Å². The fourth-order valence-electron chi connectivity index (χ4n) is 1.80. The number of rotatable bonds is 4. The Hall–Kier alpha value is -0.570. The van der Waals surface area contributed by atoms with E-state index in [0.717, 1.165) is 31.6 Å². The second-order valence-corrected chi connectivity index (χ2v) is 4.03. The van der Waals surface area contributed by atoms with E-state index in [-0.39, 0.29) is 18.7 Å². The molecule has 0 amide bonds. The van der Waals surface area contributed by atoms with Crippen molar-refractivity contribution in [3.8, 4) is 0 Å². The van der Waals surface area contributed by atoms with Gasteiger partial charge >= 0.3 is 5.97 Å². The highest BCUT2D eigenvalue weighted by Gasteiger charge is 2.25. The van der Waals surface area contributed by atoms with E-state index in [1.807, 2.05) is 6.92 Å². The largest absolute Gasteiger partial charge is 0.438 e. The number of esters is 1. The molecular formula is C11H20O3. The second kappa shape index (κ2) is 6.02. The summed E-state index contributed by atoms with van der Waals surface area (Å²) in [6, 6.07) is 0. The van der Waals surface area contributed by atoms with Gasteiger partial charge in [-0.15, -0.1) is 0 Å².